The summed E-state index contributed by atoms with van der Waals surface area (Å²) in [6, 6.07) is 8.69. The number of amides is 1. The van der Waals surface area contributed by atoms with Crippen molar-refractivity contribution >= 4 is 17.3 Å². The Labute approximate surface area is 124 Å². The summed E-state index contributed by atoms with van der Waals surface area (Å²) in [6.45, 7) is -0.0536. The van der Waals surface area contributed by atoms with Crippen molar-refractivity contribution in [1.29, 1.82) is 0 Å². The molecule has 0 aromatic heterocycles. The molecule has 0 spiro atoms. The first-order valence-corrected chi connectivity index (χ1v) is 6.51. The maximum atomic E-state index is 13.4. The summed E-state index contributed by atoms with van der Waals surface area (Å²) in [6.07, 6.45) is 0. The van der Waals surface area contributed by atoms with Crippen molar-refractivity contribution in [2.45, 2.75) is 0 Å². The highest BCUT2D eigenvalue weighted by molar-refractivity contribution is 5.94. The molecule has 1 heterocycles. The van der Waals surface area contributed by atoms with Crippen LogP contribution in [-0.4, -0.2) is 19.2 Å². The van der Waals surface area contributed by atoms with Gasteiger partial charge in [-0.15, -0.1) is 0 Å². The van der Waals surface area contributed by atoms with E-state index in [-0.39, 0.29) is 19.0 Å². The fourth-order valence-corrected chi connectivity index (χ4v) is 2.00. The van der Waals surface area contributed by atoms with E-state index in [9.17, 15) is 13.6 Å². The lowest BCUT2D eigenvalue weighted by Gasteiger charge is -2.09. The van der Waals surface area contributed by atoms with Gasteiger partial charge in [0.1, 0.15) is 0 Å². The summed E-state index contributed by atoms with van der Waals surface area (Å²) in [5, 5.41) is 5.17. The average molecular weight is 306 g/mol. The first kappa shape index (κ1) is 14.1. The lowest BCUT2D eigenvalue weighted by molar-refractivity contribution is -0.114. The molecule has 3 rings (SSSR count). The summed E-state index contributed by atoms with van der Waals surface area (Å²) in [7, 11) is 0. The van der Waals surface area contributed by atoms with E-state index in [4.69, 9.17) is 9.47 Å². The van der Waals surface area contributed by atoms with E-state index in [1.54, 1.807) is 18.2 Å². The number of ether oxygens (including phenoxy) is 2. The van der Waals surface area contributed by atoms with Crippen LogP contribution in [0.3, 0.4) is 0 Å². The summed E-state index contributed by atoms with van der Waals surface area (Å²) in [5.41, 5.74) is 0.455. The zero-order chi connectivity index (χ0) is 15.5. The number of carbonyl (C=O) groups excluding carboxylic acids is 1. The van der Waals surface area contributed by atoms with Crippen LogP contribution < -0.4 is 20.1 Å². The zero-order valence-electron chi connectivity index (χ0n) is 11.4. The number of halogens is 2. The molecule has 7 heteroatoms. The van der Waals surface area contributed by atoms with Crippen LogP contribution >= 0.6 is 0 Å². The predicted octanol–water partition coefficient (Wildman–Crippen LogP) is 2.74. The van der Waals surface area contributed by atoms with E-state index in [1.807, 2.05) is 0 Å². The maximum absolute atomic E-state index is 13.4. The molecule has 0 fully saturated rings. The summed E-state index contributed by atoms with van der Waals surface area (Å²) >= 11 is 0. The van der Waals surface area contributed by atoms with E-state index in [0.717, 1.165) is 6.07 Å². The monoisotopic (exact) mass is 306 g/mol. The summed E-state index contributed by atoms with van der Waals surface area (Å²) in [5.74, 6) is -1.23. The Balaban J connectivity index is 1.60. The second-order valence-corrected chi connectivity index (χ2v) is 4.57. The molecule has 1 aliphatic heterocycles. The zero-order valence-corrected chi connectivity index (χ0v) is 11.4. The van der Waals surface area contributed by atoms with Crippen molar-refractivity contribution in [2.24, 2.45) is 0 Å². The Hall–Kier alpha value is -2.83. The Kier molecular flexibility index (Phi) is 3.78. The van der Waals surface area contributed by atoms with Crippen molar-refractivity contribution in [3.63, 3.8) is 0 Å². The van der Waals surface area contributed by atoms with Gasteiger partial charge in [0.15, 0.2) is 23.1 Å². The molecule has 0 atom stereocenters. The SMILES string of the molecule is O=C(CNc1cccc(F)c1F)Nc1ccc2c(c1)OCO2. The third-order valence-corrected chi connectivity index (χ3v) is 3.05. The van der Waals surface area contributed by atoms with Gasteiger partial charge in [0.25, 0.3) is 0 Å². The van der Waals surface area contributed by atoms with Gasteiger partial charge in [-0.25, -0.2) is 8.78 Å². The molecule has 0 bridgehead atoms. The van der Waals surface area contributed by atoms with Gasteiger partial charge in [-0.05, 0) is 24.3 Å². The van der Waals surface area contributed by atoms with Crippen LogP contribution in [0.1, 0.15) is 0 Å². The number of nitrogens with one attached hydrogen (secondary N) is 2. The molecule has 0 unspecified atom stereocenters. The minimum atomic E-state index is -1.02. The van der Waals surface area contributed by atoms with E-state index in [0.29, 0.717) is 17.2 Å². The van der Waals surface area contributed by atoms with Crippen LogP contribution in [0, 0.1) is 11.6 Å². The van der Waals surface area contributed by atoms with Gasteiger partial charge in [-0.1, -0.05) is 6.07 Å². The smallest absolute Gasteiger partial charge is 0.243 e. The van der Waals surface area contributed by atoms with Gasteiger partial charge < -0.3 is 20.1 Å². The van der Waals surface area contributed by atoms with Crippen LogP contribution in [0.2, 0.25) is 0 Å². The topological polar surface area (TPSA) is 59.6 Å². The van der Waals surface area contributed by atoms with Gasteiger partial charge in [0.2, 0.25) is 12.7 Å². The highest BCUT2D eigenvalue weighted by Crippen LogP contribution is 2.34. The Morgan fingerprint density at radius 2 is 1.95 bits per heavy atom. The molecule has 1 aliphatic rings. The third kappa shape index (κ3) is 2.93. The van der Waals surface area contributed by atoms with Gasteiger partial charge in [-0.3, -0.25) is 4.79 Å². The van der Waals surface area contributed by atoms with E-state index >= 15 is 0 Å². The Bertz CT molecular complexity index is 722. The summed E-state index contributed by atoms with van der Waals surface area (Å²) < 4.78 is 36.8. The Morgan fingerprint density at radius 3 is 2.82 bits per heavy atom. The molecule has 0 saturated carbocycles. The minimum absolute atomic E-state index is 0.0687. The van der Waals surface area contributed by atoms with Gasteiger partial charge in [-0.2, -0.15) is 0 Å². The number of hydrogen-bond donors (Lipinski definition) is 2. The quantitative estimate of drug-likeness (QED) is 0.912. The number of anilines is 2. The predicted molar refractivity (Wildman–Crippen MR) is 76.0 cm³/mol. The number of fused-ring (bicyclic) bond motifs is 1. The van der Waals surface area contributed by atoms with Crippen molar-refractivity contribution in [3.05, 3.63) is 48.0 Å². The molecule has 0 saturated heterocycles. The number of carbonyl (C=O) groups is 1. The Morgan fingerprint density at radius 1 is 1.14 bits per heavy atom. The second-order valence-electron chi connectivity index (χ2n) is 4.57. The van der Waals surface area contributed by atoms with Crippen LogP contribution in [0.25, 0.3) is 0 Å². The number of benzene rings is 2. The standard InChI is InChI=1S/C15H12F2N2O3/c16-10-2-1-3-11(15(10)17)18-7-14(20)19-9-4-5-12-13(6-9)22-8-21-12/h1-6,18H,7-8H2,(H,19,20). The molecule has 2 aromatic carbocycles. The maximum Gasteiger partial charge on any atom is 0.243 e. The van der Waals surface area contributed by atoms with E-state index < -0.39 is 17.5 Å². The van der Waals surface area contributed by atoms with Crippen molar-refractivity contribution in [2.75, 3.05) is 24.0 Å². The molecule has 0 aliphatic carbocycles. The van der Waals surface area contributed by atoms with Gasteiger partial charge >= 0.3 is 0 Å². The van der Waals surface area contributed by atoms with Crippen LogP contribution in [0.15, 0.2) is 36.4 Å². The first-order valence-electron chi connectivity index (χ1n) is 6.51. The largest absolute Gasteiger partial charge is 0.454 e. The molecule has 1 amide bonds. The lowest BCUT2D eigenvalue weighted by atomic mass is 10.2. The van der Waals surface area contributed by atoms with Crippen LogP contribution in [-0.2, 0) is 4.79 Å². The molecular weight excluding hydrogens is 294 g/mol. The lowest BCUT2D eigenvalue weighted by Crippen LogP contribution is -2.22. The van der Waals surface area contributed by atoms with Gasteiger partial charge in [0.05, 0.1) is 12.2 Å². The molecule has 0 radical (unpaired) electrons. The van der Waals surface area contributed by atoms with Crippen LogP contribution in [0.5, 0.6) is 11.5 Å². The average Bonchev–Trinajstić information content (AvgIpc) is 2.96. The molecule has 22 heavy (non-hydrogen) atoms. The number of rotatable bonds is 4. The minimum Gasteiger partial charge on any atom is -0.454 e. The van der Waals surface area contributed by atoms with Crippen molar-refractivity contribution < 1.29 is 23.0 Å². The van der Waals surface area contributed by atoms with Crippen LogP contribution in [0.4, 0.5) is 20.2 Å². The summed E-state index contributed by atoms with van der Waals surface area (Å²) in [4.78, 5) is 11.8. The van der Waals surface area contributed by atoms with Crippen molar-refractivity contribution in [3.8, 4) is 11.5 Å². The molecular formula is C15H12F2N2O3. The fraction of sp³-hybridized carbons (Fsp3) is 0.133. The molecule has 5 nitrogen and oxygen atoms in total. The highest BCUT2D eigenvalue weighted by atomic mass is 19.2. The highest BCUT2D eigenvalue weighted by Gasteiger charge is 2.14. The van der Waals surface area contributed by atoms with Gasteiger partial charge in [0, 0.05) is 11.8 Å². The number of hydrogen-bond acceptors (Lipinski definition) is 4. The normalized spacial score (nSPS) is 12.1. The van der Waals surface area contributed by atoms with Crippen molar-refractivity contribution in [1.82, 2.24) is 0 Å². The van der Waals surface area contributed by atoms with E-state index in [1.165, 1.54) is 12.1 Å². The fourth-order valence-electron chi connectivity index (χ4n) is 2.00. The molecule has 114 valence electrons. The second kappa shape index (κ2) is 5.88. The molecule has 2 N–H and O–H groups in total. The van der Waals surface area contributed by atoms with E-state index in [2.05, 4.69) is 10.6 Å². The first-order chi connectivity index (χ1) is 10.6. The molecule has 2 aromatic rings. The third-order valence-electron chi connectivity index (χ3n) is 3.05.